The fraction of sp³-hybridized carbons (Fsp3) is 0.667. The highest BCUT2D eigenvalue weighted by atomic mass is 79.9. The van der Waals surface area contributed by atoms with E-state index in [4.69, 9.17) is 4.74 Å². The molecule has 2 unspecified atom stereocenters. The highest BCUT2D eigenvalue weighted by Crippen LogP contribution is 2.44. The van der Waals surface area contributed by atoms with E-state index in [1.165, 1.54) is 0 Å². The van der Waals surface area contributed by atoms with E-state index in [2.05, 4.69) is 60.0 Å². The lowest BCUT2D eigenvalue weighted by Crippen LogP contribution is -2.58. The molecule has 0 spiro atoms. The Labute approximate surface area is 124 Å². The molecule has 4 heteroatoms. The van der Waals surface area contributed by atoms with Gasteiger partial charge in [0.25, 0.3) is 0 Å². The number of rotatable bonds is 5. The van der Waals surface area contributed by atoms with Gasteiger partial charge in [-0.1, -0.05) is 27.7 Å². The number of nitrogens with one attached hydrogen (secondary N) is 1. The minimum Gasteiger partial charge on any atom is -0.380 e. The third kappa shape index (κ3) is 3.48. The second kappa shape index (κ2) is 5.80. The van der Waals surface area contributed by atoms with Gasteiger partial charge in [-0.2, -0.15) is 0 Å². The molecule has 0 aliphatic heterocycles. The molecule has 0 amide bonds. The van der Waals surface area contributed by atoms with Gasteiger partial charge < -0.3 is 10.1 Å². The Morgan fingerprint density at radius 1 is 1.47 bits per heavy atom. The van der Waals surface area contributed by atoms with Crippen molar-refractivity contribution in [2.24, 2.45) is 11.3 Å². The van der Waals surface area contributed by atoms with Crippen LogP contribution in [0.25, 0.3) is 0 Å². The molecule has 1 N–H and O–H groups in total. The number of hydrogen-bond acceptors (Lipinski definition) is 3. The van der Waals surface area contributed by atoms with Gasteiger partial charge in [-0.25, -0.2) is 4.98 Å². The third-order valence-electron chi connectivity index (χ3n) is 3.88. The molecule has 106 valence electrons. The normalized spacial score (nSPS) is 25.2. The molecule has 0 saturated heterocycles. The molecular weight excluding hydrogens is 304 g/mol. The van der Waals surface area contributed by atoms with E-state index in [0.717, 1.165) is 23.3 Å². The van der Waals surface area contributed by atoms with E-state index < -0.39 is 0 Å². The van der Waals surface area contributed by atoms with Gasteiger partial charge in [-0.3, -0.25) is 0 Å². The van der Waals surface area contributed by atoms with Crippen molar-refractivity contribution in [3.8, 4) is 0 Å². The summed E-state index contributed by atoms with van der Waals surface area (Å²) < 4.78 is 6.84. The molecule has 1 heterocycles. The number of ether oxygens (including phenoxy) is 1. The first-order chi connectivity index (χ1) is 8.89. The number of aromatic nitrogens is 1. The first-order valence-electron chi connectivity index (χ1n) is 6.89. The molecule has 2 atom stereocenters. The summed E-state index contributed by atoms with van der Waals surface area (Å²) >= 11 is 3.35. The monoisotopic (exact) mass is 326 g/mol. The Kier molecular flexibility index (Phi) is 4.51. The maximum absolute atomic E-state index is 5.98. The van der Waals surface area contributed by atoms with E-state index in [1.54, 1.807) is 0 Å². The third-order valence-corrected chi connectivity index (χ3v) is 4.35. The lowest BCUT2D eigenvalue weighted by atomic mass is 9.64. The van der Waals surface area contributed by atoms with Crippen molar-refractivity contribution >= 4 is 21.6 Å². The van der Waals surface area contributed by atoms with Gasteiger partial charge in [0.15, 0.2) is 0 Å². The molecule has 0 radical (unpaired) electrons. The fourth-order valence-electron chi connectivity index (χ4n) is 2.38. The van der Waals surface area contributed by atoms with Gasteiger partial charge in [0.05, 0.1) is 18.0 Å². The Bertz CT molecular complexity index is 417. The minimum atomic E-state index is 0.169. The van der Waals surface area contributed by atoms with E-state index in [9.17, 15) is 0 Å². The van der Waals surface area contributed by atoms with E-state index in [1.807, 2.05) is 12.3 Å². The molecule has 19 heavy (non-hydrogen) atoms. The number of hydrogen-bond donors (Lipinski definition) is 1. The van der Waals surface area contributed by atoms with Gasteiger partial charge in [0.2, 0.25) is 0 Å². The van der Waals surface area contributed by atoms with Crippen molar-refractivity contribution in [3.05, 3.63) is 22.9 Å². The number of nitrogens with zero attached hydrogens (tertiary/aromatic N) is 1. The van der Waals surface area contributed by atoms with Crippen LogP contribution in [-0.4, -0.2) is 23.7 Å². The maximum atomic E-state index is 5.98. The van der Waals surface area contributed by atoms with Crippen LogP contribution in [0.5, 0.6) is 0 Å². The van der Waals surface area contributed by atoms with Crippen molar-refractivity contribution in [3.63, 3.8) is 0 Å². The standard InChI is InChI=1S/C15H23BrN2O/c1-10(2)9-19-13-7-12(15(13,3)4)18-11-5-6-14(16)17-8-11/h5-6,8,10,12-13,18H,7,9H2,1-4H3. The summed E-state index contributed by atoms with van der Waals surface area (Å²) in [6, 6.07) is 4.46. The predicted octanol–water partition coefficient (Wildman–Crippen LogP) is 4.10. The highest BCUT2D eigenvalue weighted by Gasteiger charge is 2.49. The molecule has 0 bridgehead atoms. The number of anilines is 1. The Hall–Kier alpha value is -0.610. The summed E-state index contributed by atoms with van der Waals surface area (Å²) in [4.78, 5) is 4.24. The van der Waals surface area contributed by atoms with Crippen molar-refractivity contribution in [1.82, 2.24) is 4.98 Å². The fourth-order valence-corrected chi connectivity index (χ4v) is 2.62. The largest absolute Gasteiger partial charge is 0.380 e. The van der Waals surface area contributed by atoms with Crippen LogP contribution in [0.4, 0.5) is 5.69 Å². The highest BCUT2D eigenvalue weighted by molar-refractivity contribution is 9.10. The van der Waals surface area contributed by atoms with E-state index >= 15 is 0 Å². The second-order valence-corrected chi connectivity index (χ2v) is 7.15. The van der Waals surface area contributed by atoms with E-state index in [0.29, 0.717) is 18.1 Å². The molecule has 2 rings (SSSR count). The molecule has 1 fully saturated rings. The van der Waals surface area contributed by atoms with Crippen LogP contribution in [0.3, 0.4) is 0 Å². The Morgan fingerprint density at radius 2 is 2.21 bits per heavy atom. The molecule has 1 aliphatic carbocycles. The molecule has 1 aromatic rings. The van der Waals surface area contributed by atoms with Crippen LogP contribution < -0.4 is 5.32 Å². The molecule has 0 aromatic carbocycles. The summed E-state index contributed by atoms with van der Waals surface area (Å²) in [6.45, 7) is 9.77. The van der Waals surface area contributed by atoms with Crippen molar-refractivity contribution in [1.29, 1.82) is 0 Å². The molecule has 3 nitrogen and oxygen atoms in total. The van der Waals surface area contributed by atoms with Crippen LogP contribution in [0.2, 0.25) is 0 Å². The van der Waals surface area contributed by atoms with Gasteiger partial charge >= 0.3 is 0 Å². The van der Waals surface area contributed by atoms with Crippen LogP contribution >= 0.6 is 15.9 Å². The van der Waals surface area contributed by atoms with Crippen LogP contribution in [0.1, 0.15) is 34.1 Å². The molecule has 1 aliphatic rings. The second-order valence-electron chi connectivity index (χ2n) is 6.34. The van der Waals surface area contributed by atoms with Gasteiger partial charge in [-0.05, 0) is 40.4 Å². The lowest BCUT2D eigenvalue weighted by Gasteiger charge is -2.52. The predicted molar refractivity (Wildman–Crippen MR) is 82.3 cm³/mol. The number of halogens is 1. The lowest BCUT2D eigenvalue weighted by molar-refractivity contribution is -0.108. The number of pyridine rings is 1. The maximum Gasteiger partial charge on any atom is 0.106 e. The van der Waals surface area contributed by atoms with Crippen molar-refractivity contribution in [2.75, 3.05) is 11.9 Å². The summed E-state index contributed by atoms with van der Waals surface area (Å²) in [5, 5.41) is 3.55. The smallest absolute Gasteiger partial charge is 0.106 e. The van der Waals surface area contributed by atoms with Gasteiger partial charge in [-0.15, -0.1) is 0 Å². The summed E-state index contributed by atoms with van der Waals surface area (Å²) in [5.41, 5.74) is 1.24. The van der Waals surface area contributed by atoms with E-state index in [-0.39, 0.29) is 5.41 Å². The van der Waals surface area contributed by atoms with Crippen molar-refractivity contribution < 1.29 is 4.74 Å². The summed E-state index contributed by atoms with van der Waals surface area (Å²) in [7, 11) is 0. The van der Waals surface area contributed by atoms with Crippen LogP contribution in [-0.2, 0) is 4.74 Å². The zero-order chi connectivity index (χ0) is 14.0. The minimum absolute atomic E-state index is 0.169. The first kappa shape index (κ1) is 14.8. The molecule has 1 saturated carbocycles. The topological polar surface area (TPSA) is 34.1 Å². The average molecular weight is 327 g/mol. The van der Waals surface area contributed by atoms with Crippen molar-refractivity contribution in [2.45, 2.75) is 46.3 Å². The first-order valence-corrected chi connectivity index (χ1v) is 7.68. The van der Waals surface area contributed by atoms with Gasteiger partial charge in [0, 0.05) is 18.1 Å². The Balaban J connectivity index is 1.88. The average Bonchev–Trinajstić information content (AvgIpc) is 2.34. The quantitative estimate of drug-likeness (QED) is 0.827. The molecular formula is C15H23BrN2O. The molecule has 1 aromatic heterocycles. The Morgan fingerprint density at radius 3 is 2.74 bits per heavy atom. The van der Waals surface area contributed by atoms with Crippen LogP contribution in [0.15, 0.2) is 22.9 Å². The SMILES string of the molecule is CC(C)COC1CC(Nc2ccc(Br)nc2)C1(C)C. The van der Waals surface area contributed by atoms with Crippen LogP contribution in [0, 0.1) is 11.3 Å². The summed E-state index contributed by atoms with van der Waals surface area (Å²) in [6.07, 6.45) is 3.29. The van der Waals surface area contributed by atoms with Gasteiger partial charge in [0.1, 0.15) is 4.60 Å². The zero-order valence-electron chi connectivity index (χ0n) is 12.1. The summed E-state index contributed by atoms with van der Waals surface area (Å²) in [5.74, 6) is 0.596. The zero-order valence-corrected chi connectivity index (χ0v) is 13.7.